The number of nitrogens with zero attached hydrogens (tertiary/aromatic N) is 3. The number of pyridine rings is 1. The van der Waals surface area contributed by atoms with Crippen LogP contribution in [0.25, 0.3) is 0 Å². The molecule has 2 heterocycles. The Bertz CT molecular complexity index is 1090. The molecule has 7 nitrogen and oxygen atoms in total. The Morgan fingerprint density at radius 2 is 1.88 bits per heavy atom. The Morgan fingerprint density at radius 3 is 2.45 bits per heavy atom. The van der Waals surface area contributed by atoms with Crippen molar-refractivity contribution < 1.29 is 26.4 Å². The first kappa shape index (κ1) is 24.8. The third kappa shape index (κ3) is 5.76. The number of aryl methyl sites for hydroxylation is 1. The summed E-state index contributed by atoms with van der Waals surface area (Å²) in [6, 6.07) is 7.39. The predicted octanol–water partition coefficient (Wildman–Crippen LogP) is 3.39. The van der Waals surface area contributed by atoms with E-state index in [1.54, 1.807) is 32.0 Å². The van der Waals surface area contributed by atoms with E-state index in [4.69, 9.17) is 0 Å². The normalized spacial score (nSPS) is 15.1. The Balaban J connectivity index is 1.75. The molecule has 0 radical (unpaired) electrons. The molecule has 1 aromatic carbocycles. The molecule has 3 rings (SSSR count). The number of hydrogen-bond donors (Lipinski definition) is 2. The average molecular weight is 485 g/mol. The van der Waals surface area contributed by atoms with Gasteiger partial charge in [-0.25, -0.2) is 13.4 Å². The molecular weight excluding hydrogens is 457 g/mol. The van der Waals surface area contributed by atoms with Crippen molar-refractivity contribution in [2.45, 2.75) is 45.3 Å². The number of hydrogen-bond acceptors (Lipinski definition) is 5. The molecule has 1 N–H and O–H groups in total. The highest BCUT2D eigenvalue weighted by molar-refractivity contribution is 7.74. The molecule has 1 unspecified atom stereocenters. The maximum atomic E-state index is 13.2. The summed E-state index contributed by atoms with van der Waals surface area (Å²) in [5.41, 5.74) is 1.50. The summed E-state index contributed by atoms with van der Waals surface area (Å²) >= 11 is 0. The molecule has 1 saturated heterocycles. The van der Waals surface area contributed by atoms with Gasteiger partial charge in [-0.15, -0.1) is 0 Å². The van der Waals surface area contributed by atoms with Crippen molar-refractivity contribution in [3.8, 4) is 0 Å². The highest BCUT2D eigenvalue weighted by Gasteiger charge is 2.34. The van der Waals surface area contributed by atoms with Gasteiger partial charge in [-0.1, -0.05) is 18.2 Å². The summed E-state index contributed by atoms with van der Waals surface area (Å²) in [7, 11) is -1.32. The topological polar surface area (TPSA) is 82.6 Å². The number of thiol groups is 1. The molecular formula is C22H27F3N4O3S. The number of amides is 1. The van der Waals surface area contributed by atoms with Gasteiger partial charge in [-0.3, -0.25) is 9.10 Å². The Hall–Kier alpha value is -2.82. The molecule has 1 fully saturated rings. The van der Waals surface area contributed by atoms with E-state index in [0.717, 1.165) is 23.2 Å². The van der Waals surface area contributed by atoms with Gasteiger partial charge in [0.05, 0.1) is 11.6 Å². The van der Waals surface area contributed by atoms with Crippen LogP contribution in [0.5, 0.6) is 0 Å². The van der Waals surface area contributed by atoms with E-state index >= 15 is 0 Å². The second kappa shape index (κ2) is 9.98. The van der Waals surface area contributed by atoms with Crippen LogP contribution >= 0.6 is 0 Å². The van der Waals surface area contributed by atoms with Crippen LogP contribution in [0.15, 0.2) is 30.3 Å². The van der Waals surface area contributed by atoms with Crippen LogP contribution in [-0.2, 0) is 28.4 Å². The lowest BCUT2D eigenvalue weighted by atomic mass is 9.97. The van der Waals surface area contributed by atoms with Crippen LogP contribution in [-0.4, -0.2) is 39.4 Å². The molecule has 180 valence electrons. The minimum absolute atomic E-state index is 0.0522. The van der Waals surface area contributed by atoms with Gasteiger partial charge in [0.15, 0.2) is 0 Å². The lowest BCUT2D eigenvalue weighted by Gasteiger charge is -2.22. The van der Waals surface area contributed by atoms with E-state index in [-0.39, 0.29) is 18.3 Å². The van der Waals surface area contributed by atoms with E-state index in [1.807, 2.05) is 4.90 Å². The molecule has 11 heteroatoms. The minimum atomic E-state index is -4.54. The molecule has 1 aromatic heterocycles. The molecule has 1 aliphatic rings. The number of rotatable bonds is 7. The number of carbonyl (C=O) groups is 1. The zero-order chi connectivity index (χ0) is 24.3. The number of alkyl halides is 3. The summed E-state index contributed by atoms with van der Waals surface area (Å²) in [4.78, 5) is 18.5. The standard InChI is InChI=1S/C22H27F3N4O3S/c1-14-12-16(6-8-18(14)28(3)33(31)32)15(2)21(30)26-13-17-7-9-19(22(23,24)25)27-20(17)29-10-4-5-11-29/h6-9,12,15,33H,4-5,10-11,13H2,1-3H3,(H,26,30). The van der Waals surface area contributed by atoms with Gasteiger partial charge in [-0.2, -0.15) is 13.2 Å². The maximum Gasteiger partial charge on any atom is 0.433 e. The zero-order valence-electron chi connectivity index (χ0n) is 18.6. The molecule has 2 aromatic rings. The van der Waals surface area contributed by atoms with E-state index in [1.165, 1.54) is 13.1 Å². The summed E-state index contributed by atoms with van der Waals surface area (Å²) < 4.78 is 63.1. The predicted molar refractivity (Wildman–Crippen MR) is 121 cm³/mol. The first-order chi connectivity index (χ1) is 15.5. The second-order valence-electron chi connectivity index (χ2n) is 8.12. The number of anilines is 2. The maximum absolute atomic E-state index is 13.2. The van der Waals surface area contributed by atoms with E-state index in [9.17, 15) is 26.4 Å². The van der Waals surface area contributed by atoms with Crippen LogP contribution < -0.4 is 14.5 Å². The molecule has 0 spiro atoms. The smallest absolute Gasteiger partial charge is 0.356 e. The number of carbonyl (C=O) groups excluding carboxylic acids is 1. The van der Waals surface area contributed by atoms with E-state index in [2.05, 4.69) is 10.3 Å². The summed E-state index contributed by atoms with van der Waals surface area (Å²) in [5.74, 6) is -0.579. The van der Waals surface area contributed by atoms with Gasteiger partial charge in [0.2, 0.25) is 16.8 Å². The highest BCUT2D eigenvalue weighted by Crippen LogP contribution is 2.32. The summed E-state index contributed by atoms with van der Waals surface area (Å²) in [6.45, 7) is 4.78. The molecule has 1 amide bonds. The lowest BCUT2D eigenvalue weighted by molar-refractivity contribution is -0.141. The first-order valence-electron chi connectivity index (χ1n) is 10.6. The van der Waals surface area contributed by atoms with Gasteiger partial charge in [0.1, 0.15) is 11.5 Å². The quantitative estimate of drug-likeness (QED) is 0.589. The molecule has 33 heavy (non-hydrogen) atoms. The van der Waals surface area contributed by atoms with Crippen molar-refractivity contribution >= 4 is 28.3 Å². The Morgan fingerprint density at radius 1 is 1.21 bits per heavy atom. The van der Waals surface area contributed by atoms with Crippen LogP contribution in [0.1, 0.15) is 48.1 Å². The van der Waals surface area contributed by atoms with Gasteiger partial charge in [0.25, 0.3) is 0 Å². The molecule has 0 saturated carbocycles. The second-order valence-corrected chi connectivity index (χ2v) is 9.19. The molecule has 0 bridgehead atoms. The number of benzene rings is 1. The molecule has 1 aliphatic heterocycles. The van der Waals surface area contributed by atoms with Crippen LogP contribution in [0.2, 0.25) is 0 Å². The Kier molecular flexibility index (Phi) is 7.51. The monoisotopic (exact) mass is 484 g/mol. The van der Waals surface area contributed by atoms with Crippen molar-refractivity contribution in [1.29, 1.82) is 0 Å². The lowest BCUT2D eigenvalue weighted by Crippen LogP contribution is -2.30. The Labute approximate surface area is 192 Å². The van der Waals surface area contributed by atoms with Crippen molar-refractivity contribution in [3.63, 3.8) is 0 Å². The fourth-order valence-corrected chi connectivity index (χ4v) is 4.26. The van der Waals surface area contributed by atoms with Crippen LogP contribution in [0.3, 0.4) is 0 Å². The van der Waals surface area contributed by atoms with Gasteiger partial charge < -0.3 is 10.2 Å². The SMILES string of the molecule is Cc1cc(C(C)C(=O)NCc2ccc(C(F)(F)F)nc2N2CCCC2)ccc1N(C)[SH](=O)=O. The summed E-state index contributed by atoms with van der Waals surface area (Å²) in [6.07, 6.45) is -2.78. The first-order valence-corrected chi connectivity index (χ1v) is 11.7. The van der Waals surface area contributed by atoms with E-state index in [0.29, 0.717) is 35.5 Å². The molecule has 0 aliphatic carbocycles. The number of halogens is 3. The van der Waals surface area contributed by atoms with Crippen molar-refractivity contribution in [2.24, 2.45) is 0 Å². The average Bonchev–Trinajstić information content (AvgIpc) is 3.30. The molecule has 1 atom stereocenters. The fraction of sp³-hybridized carbons (Fsp3) is 0.455. The zero-order valence-corrected chi connectivity index (χ0v) is 19.5. The fourth-order valence-electron chi connectivity index (χ4n) is 3.86. The van der Waals surface area contributed by atoms with Crippen molar-refractivity contribution in [1.82, 2.24) is 10.3 Å². The largest absolute Gasteiger partial charge is 0.433 e. The third-order valence-corrected chi connectivity index (χ3v) is 6.52. The number of nitrogens with one attached hydrogen (secondary N) is 1. The van der Waals surface area contributed by atoms with E-state index < -0.39 is 28.7 Å². The highest BCUT2D eigenvalue weighted by atomic mass is 32.2. The van der Waals surface area contributed by atoms with Crippen molar-refractivity contribution in [2.75, 3.05) is 29.3 Å². The van der Waals surface area contributed by atoms with Gasteiger partial charge >= 0.3 is 6.18 Å². The van der Waals surface area contributed by atoms with Crippen LogP contribution in [0, 0.1) is 6.92 Å². The number of aromatic nitrogens is 1. The summed E-state index contributed by atoms with van der Waals surface area (Å²) in [5, 5.41) is 2.80. The van der Waals surface area contributed by atoms with Gasteiger partial charge in [0, 0.05) is 32.2 Å². The van der Waals surface area contributed by atoms with Crippen molar-refractivity contribution in [3.05, 3.63) is 52.7 Å². The van der Waals surface area contributed by atoms with Crippen LogP contribution in [0.4, 0.5) is 24.7 Å². The minimum Gasteiger partial charge on any atom is -0.356 e. The van der Waals surface area contributed by atoms with Gasteiger partial charge in [-0.05, 0) is 49.9 Å². The third-order valence-electron chi connectivity index (χ3n) is 5.81.